The quantitative estimate of drug-likeness (QED) is 0.879. The third-order valence-corrected chi connectivity index (χ3v) is 3.20. The number of hydrogen-bond acceptors (Lipinski definition) is 3. The zero-order valence-corrected chi connectivity index (χ0v) is 11.1. The molecule has 0 spiro atoms. The summed E-state index contributed by atoms with van der Waals surface area (Å²) in [7, 11) is 0. The van der Waals surface area contributed by atoms with Gasteiger partial charge in [0.05, 0.1) is 12.1 Å². The average molecular weight is 280 g/mol. The summed E-state index contributed by atoms with van der Waals surface area (Å²) < 4.78 is 5.17. The minimum atomic E-state index is -0.992. The molecule has 19 heavy (non-hydrogen) atoms. The van der Waals surface area contributed by atoms with Crippen molar-refractivity contribution in [2.75, 3.05) is 0 Å². The minimum Gasteiger partial charge on any atom is -0.478 e. The Kier molecular flexibility index (Phi) is 4.24. The molecule has 2 aromatic rings. The Labute approximate surface area is 116 Å². The van der Waals surface area contributed by atoms with E-state index in [0.29, 0.717) is 17.3 Å². The van der Waals surface area contributed by atoms with E-state index in [-0.39, 0.29) is 11.6 Å². The van der Waals surface area contributed by atoms with Crippen molar-refractivity contribution in [2.24, 2.45) is 0 Å². The largest absolute Gasteiger partial charge is 0.478 e. The predicted octanol–water partition coefficient (Wildman–Crippen LogP) is 3.48. The minimum absolute atomic E-state index is 0.0482. The number of carbonyl (C=O) groups is 1. The first-order valence-corrected chi connectivity index (χ1v) is 6.24. The smallest absolute Gasteiger partial charge is 0.338 e. The molecule has 0 unspecified atom stereocenters. The molecule has 0 aliphatic rings. The summed E-state index contributed by atoms with van der Waals surface area (Å²) in [5.41, 5.74) is 1.15. The van der Waals surface area contributed by atoms with Crippen LogP contribution < -0.4 is 5.32 Å². The van der Waals surface area contributed by atoms with Crippen molar-refractivity contribution in [3.05, 3.63) is 58.5 Å². The summed E-state index contributed by atoms with van der Waals surface area (Å²) in [5, 5.41) is 12.7. The van der Waals surface area contributed by atoms with E-state index in [0.717, 1.165) is 5.56 Å². The Morgan fingerprint density at radius 3 is 2.84 bits per heavy atom. The van der Waals surface area contributed by atoms with Crippen molar-refractivity contribution in [3.8, 4) is 0 Å². The molecule has 0 saturated heterocycles. The number of aromatic carboxylic acids is 1. The molecular weight excluding hydrogens is 266 g/mol. The maximum Gasteiger partial charge on any atom is 0.338 e. The summed E-state index contributed by atoms with van der Waals surface area (Å²) in [6.07, 6.45) is 1.24. The van der Waals surface area contributed by atoms with Crippen LogP contribution in [0.5, 0.6) is 0 Å². The molecule has 2 rings (SSSR count). The van der Waals surface area contributed by atoms with Gasteiger partial charge >= 0.3 is 5.97 Å². The molecule has 0 aliphatic carbocycles. The number of hydrogen-bond donors (Lipinski definition) is 2. The van der Waals surface area contributed by atoms with E-state index in [4.69, 9.17) is 21.1 Å². The fourth-order valence-corrected chi connectivity index (χ4v) is 2.07. The van der Waals surface area contributed by atoms with Crippen LogP contribution in [0, 0.1) is 0 Å². The van der Waals surface area contributed by atoms with Crippen molar-refractivity contribution in [2.45, 2.75) is 19.5 Å². The Balaban J connectivity index is 1.98. The van der Waals surface area contributed by atoms with Gasteiger partial charge in [-0.15, -0.1) is 0 Å². The Bertz CT molecular complexity index is 580. The second-order valence-corrected chi connectivity index (χ2v) is 4.64. The second kappa shape index (κ2) is 5.91. The number of carboxylic acids is 1. The predicted molar refractivity (Wildman–Crippen MR) is 72.4 cm³/mol. The van der Waals surface area contributed by atoms with E-state index in [1.54, 1.807) is 0 Å². The van der Waals surface area contributed by atoms with Gasteiger partial charge in [0, 0.05) is 11.1 Å². The van der Waals surface area contributed by atoms with Gasteiger partial charge in [0.15, 0.2) is 0 Å². The molecule has 1 aromatic heterocycles. The molecule has 0 radical (unpaired) electrons. The average Bonchev–Trinajstić information content (AvgIpc) is 2.85. The molecule has 0 saturated carbocycles. The number of carboxylic acid groups (broad SMARTS) is 1. The molecule has 1 aromatic carbocycles. The topological polar surface area (TPSA) is 62.5 Å². The zero-order chi connectivity index (χ0) is 13.8. The third-order valence-electron chi connectivity index (χ3n) is 2.85. The van der Waals surface area contributed by atoms with Crippen LogP contribution in [0.3, 0.4) is 0 Å². The van der Waals surface area contributed by atoms with E-state index >= 15 is 0 Å². The van der Waals surface area contributed by atoms with Crippen molar-refractivity contribution >= 4 is 17.6 Å². The summed E-state index contributed by atoms with van der Waals surface area (Å²) in [6.45, 7) is 2.43. The highest BCUT2D eigenvalue weighted by Gasteiger charge is 2.11. The Morgan fingerprint density at radius 2 is 2.21 bits per heavy atom. The van der Waals surface area contributed by atoms with Crippen LogP contribution in [-0.2, 0) is 6.54 Å². The molecular formula is C14H14ClNO3. The van der Waals surface area contributed by atoms with E-state index in [1.807, 2.05) is 31.2 Å². The molecule has 100 valence electrons. The summed E-state index contributed by atoms with van der Waals surface area (Å²) in [6, 6.07) is 9.15. The number of furan rings is 1. The van der Waals surface area contributed by atoms with Gasteiger partial charge in [0.25, 0.3) is 0 Å². The van der Waals surface area contributed by atoms with Crippen molar-refractivity contribution < 1.29 is 14.3 Å². The van der Waals surface area contributed by atoms with Crippen LogP contribution in [0.25, 0.3) is 0 Å². The second-order valence-electron chi connectivity index (χ2n) is 4.23. The number of rotatable bonds is 5. The fraction of sp³-hybridized carbons (Fsp3) is 0.214. The maximum atomic E-state index is 10.7. The maximum absolute atomic E-state index is 10.7. The van der Waals surface area contributed by atoms with E-state index in [9.17, 15) is 4.79 Å². The van der Waals surface area contributed by atoms with Gasteiger partial charge in [-0.25, -0.2) is 4.79 Å². The lowest BCUT2D eigenvalue weighted by Crippen LogP contribution is -2.18. The molecule has 0 fully saturated rings. The van der Waals surface area contributed by atoms with E-state index in [1.165, 1.54) is 12.3 Å². The molecule has 1 atom stereocenters. The highest BCUT2D eigenvalue weighted by molar-refractivity contribution is 6.31. The summed E-state index contributed by atoms with van der Waals surface area (Å²) in [5.74, 6) is -0.412. The molecule has 0 aliphatic heterocycles. The van der Waals surface area contributed by atoms with Gasteiger partial charge in [-0.2, -0.15) is 0 Å². The van der Waals surface area contributed by atoms with Crippen LogP contribution in [0.15, 0.2) is 41.0 Å². The number of benzene rings is 1. The fourth-order valence-electron chi connectivity index (χ4n) is 1.78. The molecule has 5 heteroatoms. The molecule has 4 nitrogen and oxygen atoms in total. The Hall–Kier alpha value is -1.78. The van der Waals surface area contributed by atoms with E-state index in [2.05, 4.69) is 5.32 Å². The highest BCUT2D eigenvalue weighted by atomic mass is 35.5. The van der Waals surface area contributed by atoms with Gasteiger partial charge in [0.2, 0.25) is 0 Å². The van der Waals surface area contributed by atoms with E-state index < -0.39 is 5.97 Å². The van der Waals surface area contributed by atoms with Crippen LogP contribution in [-0.4, -0.2) is 11.1 Å². The zero-order valence-electron chi connectivity index (χ0n) is 10.4. The first-order chi connectivity index (χ1) is 9.08. The molecule has 1 heterocycles. The van der Waals surface area contributed by atoms with Gasteiger partial charge in [-0.3, -0.25) is 0 Å². The molecule has 0 amide bonds. The lowest BCUT2D eigenvalue weighted by atomic mass is 10.1. The normalized spacial score (nSPS) is 12.3. The number of halogens is 1. The summed E-state index contributed by atoms with van der Waals surface area (Å²) in [4.78, 5) is 10.7. The van der Waals surface area contributed by atoms with Crippen LogP contribution in [0.4, 0.5) is 0 Å². The van der Waals surface area contributed by atoms with Gasteiger partial charge < -0.3 is 14.8 Å². The van der Waals surface area contributed by atoms with Crippen molar-refractivity contribution in [1.82, 2.24) is 5.32 Å². The van der Waals surface area contributed by atoms with Crippen molar-refractivity contribution in [1.29, 1.82) is 0 Å². The van der Waals surface area contributed by atoms with Crippen LogP contribution >= 0.6 is 11.6 Å². The number of nitrogens with one attached hydrogen (secondary N) is 1. The molecule has 2 N–H and O–H groups in total. The Morgan fingerprint density at radius 1 is 1.47 bits per heavy atom. The first kappa shape index (κ1) is 13.6. The van der Waals surface area contributed by atoms with Gasteiger partial charge in [-0.1, -0.05) is 29.8 Å². The lowest BCUT2D eigenvalue weighted by molar-refractivity contribution is 0.0696. The third kappa shape index (κ3) is 3.36. The highest BCUT2D eigenvalue weighted by Crippen LogP contribution is 2.22. The van der Waals surface area contributed by atoms with Crippen LogP contribution in [0.2, 0.25) is 5.02 Å². The SMILES string of the molecule is C[C@@H](NCc1cc(C(=O)O)co1)c1ccccc1Cl. The van der Waals surface area contributed by atoms with Crippen LogP contribution in [0.1, 0.15) is 34.6 Å². The van der Waals surface area contributed by atoms with Crippen molar-refractivity contribution in [3.63, 3.8) is 0 Å². The first-order valence-electron chi connectivity index (χ1n) is 5.86. The molecule has 0 bridgehead atoms. The standard InChI is InChI=1S/C14H14ClNO3/c1-9(12-4-2-3-5-13(12)15)16-7-11-6-10(8-19-11)14(17)18/h2-6,8-9,16H,7H2,1H3,(H,17,18)/t9-/m1/s1. The lowest BCUT2D eigenvalue weighted by Gasteiger charge is -2.14. The summed E-state index contributed by atoms with van der Waals surface area (Å²) >= 11 is 6.11. The van der Waals surface area contributed by atoms with Gasteiger partial charge in [0.1, 0.15) is 12.0 Å². The monoisotopic (exact) mass is 279 g/mol. The van der Waals surface area contributed by atoms with Gasteiger partial charge in [-0.05, 0) is 24.6 Å².